The Morgan fingerprint density at radius 3 is 2.60 bits per heavy atom. The smallest absolute Gasteiger partial charge is 0.101 e. The summed E-state index contributed by atoms with van der Waals surface area (Å²) in [7, 11) is 1.55. The van der Waals surface area contributed by atoms with Crippen LogP contribution in [0, 0.1) is 11.3 Å². The molecule has 0 aliphatic carbocycles. The van der Waals surface area contributed by atoms with Gasteiger partial charge in [-0.2, -0.15) is 15.5 Å². The normalized spacial score (nSPS) is 11.5. The van der Waals surface area contributed by atoms with Crippen LogP contribution in [0.2, 0.25) is 0 Å². The van der Waals surface area contributed by atoms with Gasteiger partial charge in [0.1, 0.15) is 6.07 Å². The molecule has 52 valence electrons. The van der Waals surface area contributed by atoms with Gasteiger partial charge in [0.05, 0.1) is 11.3 Å². The number of rotatable bonds is 2. The Balaban J connectivity index is 4.43. The number of nitrogens with zero attached hydrogens (tertiary/aromatic N) is 3. The van der Waals surface area contributed by atoms with Crippen LogP contribution in [0.1, 0.15) is 6.92 Å². The quantitative estimate of drug-likeness (QED) is 0.324. The molecule has 0 aromatic carbocycles. The summed E-state index contributed by atoms with van der Waals surface area (Å²) in [6.07, 6.45) is 1.69. The van der Waals surface area contributed by atoms with Crippen LogP contribution >= 0.6 is 0 Å². The van der Waals surface area contributed by atoms with E-state index in [1.165, 1.54) is 0 Å². The van der Waals surface area contributed by atoms with Gasteiger partial charge in [-0.25, -0.2) is 0 Å². The van der Waals surface area contributed by atoms with Gasteiger partial charge in [0.2, 0.25) is 0 Å². The van der Waals surface area contributed by atoms with Gasteiger partial charge in [-0.05, 0) is 6.92 Å². The van der Waals surface area contributed by atoms with Crippen LogP contribution in [-0.2, 0) is 0 Å². The molecule has 0 unspecified atom stereocenters. The van der Waals surface area contributed by atoms with Crippen molar-refractivity contribution in [3.05, 3.63) is 23.9 Å². The Labute approximate surface area is 60.4 Å². The second-order valence-electron chi connectivity index (χ2n) is 1.56. The molecule has 0 aromatic heterocycles. The zero-order valence-electron chi connectivity index (χ0n) is 6.13. The molecule has 0 aliphatic heterocycles. The van der Waals surface area contributed by atoms with Crippen molar-refractivity contribution >= 4 is 0 Å². The third-order valence-electron chi connectivity index (χ3n) is 0.925. The molecule has 0 aliphatic rings. The highest BCUT2D eigenvalue weighted by molar-refractivity contribution is 5.37. The van der Waals surface area contributed by atoms with E-state index >= 15 is 0 Å². The molecule has 0 bridgehead atoms. The monoisotopic (exact) mass is 135 g/mol. The van der Waals surface area contributed by atoms with E-state index in [1.807, 2.05) is 6.07 Å². The second kappa shape index (κ2) is 4.45. The Morgan fingerprint density at radius 1 is 1.70 bits per heavy atom. The highest BCUT2D eigenvalue weighted by Gasteiger charge is 1.95. The van der Waals surface area contributed by atoms with Gasteiger partial charge in [-0.3, -0.25) is 0 Å². The lowest BCUT2D eigenvalue weighted by Gasteiger charge is -1.90. The van der Waals surface area contributed by atoms with Gasteiger partial charge >= 0.3 is 0 Å². The Morgan fingerprint density at radius 2 is 2.30 bits per heavy atom. The first kappa shape index (κ1) is 8.57. The van der Waals surface area contributed by atoms with Crippen LogP contribution in [0.5, 0.6) is 0 Å². The Hall–Kier alpha value is -1.43. The molecule has 0 radical (unpaired) electrons. The first-order valence-corrected chi connectivity index (χ1v) is 2.81. The molecule has 0 atom stereocenters. The van der Waals surface area contributed by atoms with Gasteiger partial charge in [-0.15, -0.1) is 0 Å². The molecule has 3 nitrogen and oxygen atoms in total. The average molecular weight is 135 g/mol. The summed E-state index contributed by atoms with van der Waals surface area (Å²) in [5, 5.41) is 15.6. The number of hydrogen-bond acceptors (Lipinski definition) is 3. The van der Waals surface area contributed by atoms with Gasteiger partial charge in [-0.1, -0.05) is 12.7 Å². The minimum absolute atomic E-state index is 0.341. The van der Waals surface area contributed by atoms with Gasteiger partial charge in [0.15, 0.2) is 0 Å². The summed E-state index contributed by atoms with van der Waals surface area (Å²) < 4.78 is 0. The van der Waals surface area contributed by atoms with Crippen LogP contribution in [0.3, 0.4) is 0 Å². The largest absolute Gasteiger partial charge is 0.192 e. The molecule has 0 aromatic rings. The van der Waals surface area contributed by atoms with E-state index in [9.17, 15) is 0 Å². The molecule has 0 rings (SSSR count). The Bertz CT molecular complexity index is 217. The van der Waals surface area contributed by atoms with E-state index in [1.54, 1.807) is 20.0 Å². The van der Waals surface area contributed by atoms with E-state index in [0.717, 1.165) is 0 Å². The van der Waals surface area contributed by atoms with E-state index in [0.29, 0.717) is 11.3 Å². The molecule has 10 heavy (non-hydrogen) atoms. The predicted octanol–water partition coefficient (Wildman–Crippen LogP) is 2.05. The minimum atomic E-state index is 0.341. The molecule has 0 spiro atoms. The third-order valence-corrected chi connectivity index (χ3v) is 0.925. The minimum Gasteiger partial charge on any atom is -0.192 e. The molecule has 0 saturated carbocycles. The fourth-order valence-corrected chi connectivity index (χ4v) is 0.457. The maximum Gasteiger partial charge on any atom is 0.101 e. The third kappa shape index (κ3) is 2.23. The molecule has 0 fully saturated rings. The summed E-state index contributed by atoms with van der Waals surface area (Å²) in [5.41, 5.74) is 0.873. The van der Waals surface area contributed by atoms with Crippen LogP contribution < -0.4 is 0 Å². The highest BCUT2D eigenvalue weighted by atomic mass is 15.1. The fraction of sp³-hybridized carbons (Fsp3) is 0.286. The van der Waals surface area contributed by atoms with Crippen LogP contribution in [0.4, 0.5) is 0 Å². The topological polar surface area (TPSA) is 48.5 Å². The van der Waals surface area contributed by atoms with Crippen molar-refractivity contribution in [2.24, 2.45) is 10.2 Å². The van der Waals surface area contributed by atoms with Crippen molar-refractivity contribution in [3.8, 4) is 6.07 Å². The first-order valence-electron chi connectivity index (χ1n) is 2.81. The van der Waals surface area contributed by atoms with E-state index in [-0.39, 0.29) is 0 Å². The summed E-state index contributed by atoms with van der Waals surface area (Å²) in [6.45, 7) is 5.26. The molecule has 3 heteroatoms. The van der Waals surface area contributed by atoms with Crippen LogP contribution in [0.25, 0.3) is 0 Å². The molecule has 0 N–H and O–H groups in total. The highest BCUT2D eigenvalue weighted by Crippen LogP contribution is 2.07. The lowest BCUT2D eigenvalue weighted by Crippen LogP contribution is -1.78. The van der Waals surface area contributed by atoms with Crippen molar-refractivity contribution in [2.45, 2.75) is 6.92 Å². The average Bonchev–Trinajstić information content (AvgIpc) is 1.99. The SMILES string of the molecule is C=C(C#N)C(=C/C)/N=N\C. The number of nitriles is 1. The maximum absolute atomic E-state index is 8.37. The lowest BCUT2D eigenvalue weighted by molar-refractivity contribution is 1.10. The second-order valence-corrected chi connectivity index (χ2v) is 1.56. The van der Waals surface area contributed by atoms with Crippen LogP contribution in [0.15, 0.2) is 34.2 Å². The molecular weight excluding hydrogens is 126 g/mol. The van der Waals surface area contributed by atoms with Crippen molar-refractivity contribution in [3.63, 3.8) is 0 Å². The lowest BCUT2D eigenvalue weighted by atomic mass is 10.2. The van der Waals surface area contributed by atoms with E-state index in [2.05, 4.69) is 16.8 Å². The number of allylic oxidation sites excluding steroid dienone is 2. The standard InChI is InChI=1S/C7H9N3/c1-4-7(10-9-3)6(2)5-8/h4H,2H2,1,3H3/b7-4-,10-9-. The van der Waals surface area contributed by atoms with Crippen molar-refractivity contribution < 1.29 is 0 Å². The molecular formula is C7H9N3. The summed E-state index contributed by atoms with van der Waals surface area (Å²) in [4.78, 5) is 0. The van der Waals surface area contributed by atoms with E-state index in [4.69, 9.17) is 5.26 Å². The van der Waals surface area contributed by atoms with Crippen molar-refractivity contribution in [1.82, 2.24) is 0 Å². The summed E-state index contributed by atoms with van der Waals surface area (Å²) in [6, 6.07) is 1.88. The predicted molar refractivity (Wildman–Crippen MR) is 39.3 cm³/mol. The number of azo groups is 1. The Kier molecular flexibility index (Phi) is 3.81. The van der Waals surface area contributed by atoms with Crippen LogP contribution in [-0.4, -0.2) is 7.05 Å². The summed E-state index contributed by atoms with van der Waals surface area (Å²) >= 11 is 0. The van der Waals surface area contributed by atoms with Gasteiger partial charge in [0.25, 0.3) is 0 Å². The zero-order chi connectivity index (χ0) is 7.98. The zero-order valence-corrected chi connectivity index (χ0v) is 6.13. The summed E-state index contributed by atoms with van der Waals surface area (Å²) in [5.74, 6) is 0. The van der Waals surface area contributed by atoms with Crippen molar-refractivity contribution in [2.75, 3.05) is 7.05 Å². The van der Waals surface area contributed by atoms with Gasteiger partial charge < -0.3 is 0 Å². The van der Waals surface area contributed by atoms with Crippen molar-refractivity contribution in [1.29, 1.82) is 5.26 Å². The first-order chi connectivity index (χ1) is 4.76. The van der Waals surface area contributed by atoms with Gasteiger partial charge in [0, 0.05) is 7.05 Å². The maximum atomic E-state index is 8.37. The molecule has 0 saturated heterocycles. The molecule has 0 amide bonds. The number of hydrogen-bond donors (Lipinski definition) is 0. The molecule has 0 heterocycles. The fourth-order valence-electron chi connectivity index (χ4n) is 0.457. The van der Waals surface area contributed by atoms with E-state index < -0.39 is 0 Å².